The number of aromatic hydroxyl groups is 6. The Balaban J connectivity index is 1.15. The van der Waals surface area contributed by atoms with E-state index < -0.39 is 163 Å². The van der Waals surface area contributed by atoms with Gasteiger partial charge >= 0.3 is 5.97 Å². The first-order valence-corrected chi connectivity index (χ1v) is 26.8. The van der Waals surface area contributed by atoms with E-state index in [1.165, 1.54) is 54.6 Å². The zero-order chi connectivity index (χ0) is 61.3. The highest BCUT2D eigenvalue weighted by molar-refractivity contribution is 6.33. The lowest BCUT2D eigenvalue weighted by Crippen LogP contribution is -2.55. The molecule has 7 aromatic carbocycles. The van der Waals surface area contributed by atoms with Crippen molar-refractivity contribution in [2.75, 3.05) is 0 Å². The Morgan fingerprint density at radius 1 is 0.488 bits per heavy atom. The van der Waals surface area contributed by atoms with E-state index in [9.17, 15) is 60.0 Å². The number of hydrogen-bond donors (Lipinski definition) is 15. The number of benzene rings is 7. The molecule has 6 heterocycles. The van der Waals surface area contributed by atoms with Gasteiger partial charge in [0.05, 0.1) is 15.1 Å². The highest BCUT2D eigenvalue weighted by atomic mass is 35.5. The van der Waals surface area contributed by atoms with Crippen molar-refractivity contribution in [3.05, 3.63) is 163 Å². The first kappa shape index (κ1) is 57.6. The first-order chi connectivity index (χ1) is 40.9. The molecule has 6 aliphatic rings. The predicted octanol–water partition coefficient (Wildman–Crippen LogP) is 5.64. The summed E-state index contributed by atoms with van der Waals surface area (Å²) in [6.45, 7) is 0. The maximum atomic E-state index is 15.7. The van der Waals surface area contributed by atoms with E-state index in [1.54, 1.807) is 0 Å². The third kappa shape index (κ3) is 11.0. The number of carboxylic acids is 1. The number of fused-ring (bicyclic) bond motifs is 14. The van der Waals surface area contributed by atoms with Gasteiger partial charge in [0.1, 0.15) is 82.6 Å². The SMILES string of the molecule is NC1C(=O)NC2Cc3ccc(c(Cl)c3)Oc3cc4cc(c3O)Oc3ccc(cc3Cl)C(O)C3NC(=O)C(NC(=O)C4NC(=O)C(NC2=O)c2cc(O)cc(c2)Oc2cc1ccc2O)c1cc(Cl)c(O)c(c1)-c1c(O)cc(O)cc1C(C(=O)O)NC3=O. The summed E-state index contributed by atoms with van der Waals surface area (Å²) in [6, 6.07) is 6.46. The monoisotopic (exact) mass is 1230 g/mol. The van der Waals surface area contributed by atoms with Crippen LogP contribution in [-0.2, 0) is 40.0 Å². The number of aliphatic hydroxyl groups is 1. The molecule has 0 fully saturated rings. The molecule has 17 bridgehead atoms. The Kier molecular flexibility index (Phi) is 15.0. The van der Waals surface area contributed by atoms with Crippen molar-refractivity contribution in [3.63, 3.8) is 0 Å². The van der Waals surface area contributed by atoms with Gasteiger partial charge in [0.25, 0.3) is 0 Å². The minimum Gasteiger partial charge on any atom is -0.508 e. The molecule has 0 radical (unpaired) electrons. The lowest BCUT2D eigenvalue weighted by atomic mass is 9.89. The maximum Gasteiger partial charge on any atom is 0.330 e. The highest BCUT2D eigenvalue weighted by Gasteiger charge is 2.41. The van der Waals surface area contributed by atoms with Gasteiger partial charge in [-0.15, -0.1) is 0 Å². The average molecular weight is 1230 g/mol. The number of phenols is 6. The summed E-state index contributed by atoms with van der Waals surface area (Å²) in [6.07, 6.45) is -2.51. The van der Waals surface area contributed by atoms with Gasteiger partial charge in [0.15, 0.2) is 29.0 Å². The second kappa shape index (κ2) is 22.4. The molecule has 0 aromatic heterocycles. The number of aliphatic hydroxyl groups excluding tert-OH is 1. The van der Waals surface area contributed by atoms with Crippen molar-refractivity contribution in [2.24, 2.45) is 5.73 Å². The molecule has 6 amide bonds. The van der Waals surface area contributed by atoms with Crippen molar-refractivity contribution >= 4 is 76.2 Å². The topological polar surface area (TPSA) is 407 Å². The Hall–Kier alpha value is -10.2. The normalized spacial score (nSPS) is 21.9. The number of hydrogen-bond acceptors (Lipinski definition) is 18. The minimum absolute atomic E-state index is 0.113. The van der Waals surface area contributed by atoms with Crippen LogP contribution in [0.5, 0.6) is 69.0 Å². The van der Waals surface area contributed by atoms with Crippen molar-refractivity contribution < 1.29 is 88.6 Å². The van der Waals surface area contributed by atoms with Crippen molar-refractivity contribution in [3.8, 4) is 80.1 Å². The fraction of sp³-hybridized carbons (Fsp3) is 0.155. The molecule has 0 saturated carbocycles. The number of nitrogens with one attached hydrogen (secondary N) is 6. The molecular weight excluding hydrogens is 1190 g/mol. The minimum atomic E-state index is -2.23. The van der Waals surface area contributed by atoms with E-state index in [0.29, 0.717) is 5.56 Å². The molecule has 6 aliphatic heterocycles. The van der Waals surface area contributed by atoms with Crippen LogP contribution in [0.4, 0.5) is 0 Å². The molecule has 25 nitrogen and oxygen atoms in total. The molecule has 13 rings (SSSR count). The lowest BCUT2D eigenvalue weighted by molar-refractivity contribution is -0.143. The molecule has 7 aromatic rings. The number of rotatable bonds is 1. The second-order valence-corrected chi connectivity index (χ2v) is 21.4. The van der Waals surface area contributed by atoms with Crippen LogP contribution < -0.4 is 51.8 Å². The van der Waals surface area contributed by atoms with Gasteiger partial charge in [-0.2, -0.15) is 0 Å². The number of aliphatic carboxylic acids is 1. The Labute approximate surface area is 498 Å². The number of carbonyl (C=O) groups is 7. The summed E-state index contributed by atoms with van der Waals surface area (Å²) in [5.41, 5.74) is 3.97. The first-order valence-electron chi connectivity index (χ1n) is 25.6. The van der Waals surface area contributed by atoms with Crippen molar-refractivity contribution in [2.45, 2.75) is 54.8 Å². The van der Waals surface area contributed by atoms with Gasteiger partial charge in [-0.1, -0.05) is 53.0 Å². The number of amides is 6. The number of carbonyl (C=O) groups excluding carboxylic acids is 6. The molecule has 28 heteroatoms. The molecule has 8 unspecified atom stereocenters. The van der Waals surface area contributed by atoms with Gasteiger partial charge < -0.3 is 92.7 Å². The smallest absolute Gasteiger partial charge is 0.330 e. The fourth-order valence-electron chi connectivity index (χ4n) is 10.3. The Morgan fingerprint density at radius 2 is 1.06 bits per heavy atom. The van der Waals surface area contributed by atoms with Crippen LogP contribution in [-0.4, -0.2) is 94.3 Å². The molecule has 0 aliphatic carbocycles. The molecule has 0 spiro atoms. The molecule has 0 saturated heterocycles. The third-order valence-corrected chi connectivity index (χ3v) is 15.4. The van der Waals surface area contributed by atoms with Crippen LogP contribution in [0, 0.1) is 0 Å². The number of halogens is 3. The third-order valence-electron chi connectivity index (χ3n) is 14.5. The zero-order valence-electron chi connectivity index (χ0n) is 43.6. The van der Waals surface area contributed by atoms with Gasteiger partial charge in [-0.05, 0) is 112 Å². The highest BCUT2D eigenvalue weighted by Crippen LogP contribution is 2.49. The van der Waals surface area contributed by atoms with Gasteiger partial charge in [-0.3, -0.25) is 28.8 Å². The molecule has 440 valence electrons. The molecular formula is C58H44Cl3N7O18. The molecule has 86 heavy (non-hydrogen) atoms. The Bertz CT molecular complexity index is 4090. The van der Waals surface area contributed by atoms with Gasteiger partial charge in [-0.25, -0.2) is 4.79 Å². The van der Waals surface area contributed by atoms with E-state index >= 15 is 14.4 Å². The van der Waals surface area contributed by atoms with E-state index in [2.05, 4.69) is 31.9 Å². The van der Waals surface area contributed by atoms with Crippen molar-refractivity contribution in [1.29, 1.82) is 0 Å². The van der Waals surface area contributed by atoms with E-state index in [-0.39, 0.29) is 61.7 Å². The van der Waals surface area contributed by atoms with E-state index in [1.807, 2.05) is 0 Å². The van der Waals surface area contributed by atoms with Crippen LogP contribution >= 0.6 is 34.8 Å². The number of ether oxygens (including phenoxy) is 3. The van der Waals surface area contributed by atoms with Crippen LogP contribution in [0.15, 0.2) is 109 Å². The van der Waals surface area contributed by atoms with Crippen LogP contribution in [0.3, 0.4) is 0 Å². The fourth-order valence-corrected chi connectivity index (χ4v) is 11.0. The maximum absolute atomic E-state index is 15.7. The van der Waals surface area contributed by atoms with Gasteiger partial charge in [0, 0.05) is 35.2 Å². The predicted molar refractivity (Wildman–Crippen MR) is 300 cm³/mol. The summed E-state index contributed by atoms with van der Waals surface area (Å²) in [5.74, 6) is -15.5. The van der Waals surface area contributed by atoms with Crippen LogP contribution in [0.2, 0.25) is 15.1 Å². The van der Waals surface area contributed by atoms with Crippen molar-refractivity contribution in [1.82, 2.24) is 31.9 Å². The van der Waals surface area contributed by atoms with Crippen LogP contribution in [0.1, 0.15) is 75.3 Å². The number of carboxylic acid groups (broad SMARTS) is 1. The average Bonchev–Trinajstić information content (AvgIpc) is 3.02. The van der Waals surface area contributed by atoms with E-state index in [4.69, 9.17) is 54.7 Å². The molecule has 8 atom stereocenters. The van der Waals surface area contributed by atoms with E-state index in [0.717, 1.165) is 54.6 Å². The second-order valence-electron chi connectivity index (χ2n) is 20.2. The standard InChI is InChI=1S/C58H44Cl3N7O18/c59-31-7-20-1-5-37(31)85-40-15-25-16-41(51(40)75)86-38-6-3-22(12-32(38)60)49(73)48-57(81)67-47(58(82)83)29-18-27(70)19-36(72)42(29)30-11-24(13-33(61)50(30)74)45(56(80)68-48)65-55(79)46(25)66-54(78)44-23-9-26(69)17-28(10-23)84-39-14-21(2-4-35(39)71)43(62)53(77)63-34(8-20)52(76)64-44/h1-7,9-19,34,43-49,69-75H,8,62H2,(H,63,77)(H,64,76)(H,65,79)(H,66,78)(H,67,81)(H,68,80)(H,82,83). The summed E-state index contributed by atoms with van der Waals surface area (Å²) in [5, 5.41) is 104. The Morgan fingerprint density at radius 3 is 1.71 bits per heavy atom. The number of nitrogens with two attached hydrogens (primary N) is 1. The summed E-state index contributed by atoms with van der Waals surface area (Å²) < 4.78 is 18.4. The summed E-state index contributed by atoms with van der Waals surface area (Å²) >= 11 is 20.3. The largest absolute Gasteiger partial charge is 0.508 e. The summed E-state index contributed by atoms with van der Waals surface area (Å²) in [4.78, 5) is 103. The number of phenolic OH excluding ortho intramolecular Hbond substituents is 6. The molecule has 16 N–H and O–H groups in total. The lowest BCUT2D eigenvalue weighted by Gasteiger charge is -2.31. The zero-order valence-corrected chi connectivity index (χ0v) is 45.9. The van der Waals surface area contributed by atoms with Crippen LogP contribution in [0.25, 0.3) is 11.1 Å². The summed E-state index contributed by atoms with van der Waals surface area (Å²) in [7, 11) is 0. The quantitative estimate of drug-likeness (QED) is 0.0945. The van der Waals surface area contributed by atoms with Gasteiger partial charge in [0.2, 0.25) is 41.2 Å².